The summed E-state index contributed by atoms with van der Waals surface area (Å²) < 4.78 is 4.59. The number of carbonyl (C=O) groups is 1. The average Bonchev–Trinajstić information content (AvgIpc) is 2.53. The van der Waals surface area contributed by atoms with Crippen molar-refractivity contribution in [3.63, 3.8) is 0 Å². The number of hydrogen-bond acceptors (Lipinski definition) is 5. The Morgan fingerprint density at radius 3 is 2.50 bits per heavy atom. The smallest absolute Gasteiger partial charge is 0.358 e. The first-order chi connectivity index (χ1) is 9.72. The molecule has 0 aliphatic heterocycles. The zero-order chi connectivity index (χ0) is 14.4. The van der Waals surface area contributed by atoms with E-state index in [0.29, 0.717) is 0 Å². The van der Waals surface area contributed by atoms with Gasteiger partial charge < -0.3 is 10.1 Å². The first-order valence-electron chi connectivity index (χ1n) is 7.38. The van der Waals surface area contributed by atoms with Crippen molar-refractivity contribution in [2.45, 2.75) is 39.0 Å². The minimum absolute atomic E-state index is 0.238. The fourth-order valence-electron chi connectivity index (χ4n) is 2.73. The molecule has 1 fully saturated rings. The third-order valence-electron chi connectivity index (χ3n) is 4.17. The van der Waals surface area contributed by atoms with Crippen molar-refractivity contribution in [1.29, 1.82) is 0 Å². The SMILES string of the molecule is CCC1CCC(CNc2ccc(C(=O)OC)nn2)CC1. The first kappa shape index (κ1) is 14.8. The molecule has 0 saturated heterocycles. The van der Waals surface area contributed by atoms with E-state index in [0.717, 1.165) is 24.2 Å². The second-order valence-electron chi connectivity index (χ2n) is 5.47. The highest BCUT2D eigenvalue weighted by Gasteiger charge is 2.19. The van der Waals surface area contributed by atoms with Gasteiger partial charge in [-0.2, -0.15) is 0 Å². The van der Waals surface area contributed by atoms with Gasteiger partial charge in [0, 0.05) is 6.54 Å². The third-order valence-corrected chi connectivity index (χ3v) is 4.17. The number of methoxy groups -OCH3 is 1. The summed E-state index contributed by atoms with van der Waals surface area (Å²) in [4.78, 5) is 11.2. The molecule has 110 valence electrons. The zero-order valence-corrected chi connectivity index (χ0v) is 12.3. The lowest BCUT2D eigenvalue weighted by Crippen LogP contribution is -2.21. The number of carbonyl (C=O) groups excluding carboxylic acids is 1. The van der Waals surface area contributed by atoms with Crippen LogP contribution in [0.4, 0.5) is 5.82 Å². The molecule has 0 aromatic carbocycles. The highest BCUT2D eigenvalue weighted by molar-refractivity contribution is 5.86. The van der Waals surface area contributed by atoms with Crippen molar-refractivity contribution < 1.29 is 9.53 Å². The first-order valence-corrected chi connectivity index (χ1v) is 7.38. The van der Waals surface area contributed by atoms with Crippen LogP contribution in [0.15, 0.2) is 12.1 Å². The van der Waals surface area contributed by atoms with Gasteiger partial charge in [-0.1, -0.05) is 26.2 Å². The molecule has 20 heavy (non-hydrogen) atoms. The fraction of sp³-hybridized carbons (Fsp3) is 0.667. The van der Waals surface area contributed by atoms with Crippen LogP contribution in [0, 0.1) is 11.8 Å². The van der Waals surface area contributed by atoms with E-state index in [-0.39, 0.29) is 5.69 Å². The van der Waals surface area contributed by atoms with E-state index in [4.69, 9.17) is 0 Å². The van der Waals surface area contributed by atoms with E-state index in [2.05, 4.69) is 27.2 Å². The summed E-state index contributed by atoms with van der Waals surface area (Å²) in [6.45, 7) is 3.21. The molecule has 1 aliphatic carbocycles. The van der Waals surface area contributed by atoms with Gasteiger partial charge in [0.25, 0.3) is 0 Å². The molecule has 1 N–H and O–H groups in total. The molecule has 0 amide bonds. The van der Waals surface area contributed by atoms with Crippen molar-refractivity contribution in [3.05, 3.63) is 17.8 Å². The lowest BCUT2D eigenvalue weighted by atomic mass is 9.81. The predicted molar refractivity (Wildman–Crippen MR) is 77.6 cm³/mol. The van der Waals surface area contributed by atoms with E-state index in [9.17, 15) is 4.79 Å². The Morgan fingerprint density at radius 2 is 1.95 bits per heavy atom. The monoisotopic (exact) mass is 277 g/mol. The summed E-state index contributed by atoms with van der Waals surface area (Å²) >= 11 is 0. The van der Waals surface area contributed by atoms with E-state index in [1.165, 1.54) is 39.2 Å². The van der Waals surface area contributed by atoms with Crippen LogP contribution in [0.25, 0.3) is 0 Å². The molecular formula is C15H23N3O2. The molecule has 1 saturated carbocycles. The number of rotatable bonds is 5. The van der Waals surface area contributed by atoms with Crippen LogP contribution in [0.3, 0.4) is 0 Å². The molecule has 0 bridgehead atoms. The Hall–Kier alpha value is -1.65. The topological polar surface area (TPSA) is 64.1 Å². The standard InChI is InChI=1S/C15H23N3O2/c1-3-11-4-6-12(7-5-11)10-16-14-9-8-13(17-18-14)15(19)20-2/h8-9,11-12H,3-7,10H2,1-2H3,(H,16,18). The van der Waals surface area contributed by atoms with Gasteiger partial charge >= 0.3 is 5.97 Å². The van der Waals surface area contributed by atoms with E-state index in [1.54, 1.807) is 12.1 Å². The number of esters is 1. The minimum atomic E-state index is -0.457. The van der Waals surface area contributed by atoms with Gasteiger partial charge in [0.1, 0.15) is 5.82 Å². The molecule has 0 unspecified atom stereocenters. The number of anilines is 1. The van der Waals surface area contributed by atoms with Gasteiger partial charge in [-0.3, -0.25) is 0 Å². The zero-order valence-electron chi connectivity index (χ0n) is 12.3. The maximum Gasteiger partial charge on any atom is 0.358 e. The van der Waals surface area contributed by atoms with E-state index in [1.807, 2.05) is 0 Å². The molecule has 1 aromatic rings. The van der Waals surface area contributed by atoms with Crippen molar-refractivity contribution in [1.82, 2.24) is 10.2 Å². The number of nitrogens with zero attached hydrogens (tertiary/aromatic N) is 2. The van der Waals surface area contributed by atoms with Crippen molar-refractivity contribution >= 4 is 11.8 Å². The third kappa shape index (κ3) is 3.92. The molecular weight excluding hydrogens is 254 g/mol. The van der Waals surface area contributed by atoms with Gasteiger partial charge in [-0.25, -0.2) is 4.79 Å². The largest absolute Gasteiger partial charge is 0.464 e. The molecule has 1 aliphatic rings. The lowest BCUT2D eigenvalue weighted by molar-refractivity contribution is 0.0593. The molecule has 5 heteroatoms. The van der Waals surface area contributed by atoms with Crippen molar-refractivity contribution in [2.24, 2.45) is 11.8 Å². The van der Waals surface area contributed by atoms with Crippen molar-refractivity contribution in [3.8, 4) is 0 Å². The minimum Gasteiger partial charge on any atom is -0.464 e. The lowest BCUT2D eigenvalue weighted by Gasteiger charge is -2.27. The number of aromatic nitrogens is 2. The fourth-order valence-corrected chi connectivity index (χ4v) is 2.73. The normalized spacial score (nSPS) is 22.3. The van der Waals surface area contributed by atoms with E-state index >= 15 is 0 Å². The highest BCUT2D eigenvalue weighted by Crippen LogP contribution is 2.30. The number of ether oxygens (including phenoxy) is 1. The van der Waals surface area contributed by atoms with Crippen molar-refractivity contribution in [2.75, 3.05) is 19.0 Å². The van der Waals surface area contributed by atoms with Gasteiger partial charge in [0.05, 0.1) is 7.11 Å². The summed E-state index contributed by atoms with van der Waals surface area (Å²) in [5, 5.41) is 11.2. The summed E-state index contributed by atoms with van der Waals surface area (Å²) in [6, 6.07) is 3.41. The van der Waals surface area contributed by atoms with Crippen LogP contribution in [0.2, 0.25) is 0 Å². The molecule has 5 nitrogen and oxygen atoms in total. The molecule has 1 aromatic heterocycles. The molecule has 0 radical (unpaired) electrons. The second-order valence-corrected chi connectivity index (χ2v) is 5.47. The average molecular weight is 277 g/mol. The maximum atomic E-state index is 11.2. The quantitative estimate of drug-likeness (QED) is 0.838. The Balaban J connectivity index is 1.78. The van der Waals surface area contributed by atoms with Crippen LogP contribution in [-0.4, -0.2) is 29.8 Å². The molecule has 1 heterocycles. The second kappa shape index (κ2) is 7.22. The predicted octanol–water partition coefficient (Wildman–Crippen LogP) is 2.89. The number of hydrogen-bond donors (Lipinski definition) is 1. The van der Waals surface area contributed by atoms with Gasteiger partial charge in [0.15, 0.2) is 5.69 Å². The van der Waals surface area contributed by atoms with Crippen LogP contribution < -0.4 is 5.32 Å². The van der Waals surface area contributed by atoms with Crippen LogP contribution in [-0.2, 0) is 4.74 Å². The summed E-state index contributed by atoms with van der Waals surface area (Å²) in [7, 11) is 1.34. The molecule has 2 rings (SSSR count). The summed E-state index contributed by atoms with van der Waals surface area (Å²) in [5.74, 6) is 1.91. The van der Waals surface area contributed by atoms with Gasteiger partial charge in [-0.05, 0) is 36.8 Å². The Morgan fingerprint density at radius 1 is 1.25 bits per heavy atom. The Bertz CT molecular complexity index is 425. The van der Waals surface area contributed by atoms with Crippen LogP contribution in [0.1, 0.15) is 49.5 Å². The Labute approximate surface area is 120 Å². The van der Waals surface area contributed by atoms with Crippen LogP contribution >= 0.6 is 0 Å². The summed E-state index contributed by atoms with van der Waals surface area (Å²) in [6.07, 6.45) is 6.57. The van der Waals surface area contributed by atoms with Gasteiger partial charge in [-0.15, -0.1) is 10.2 Å². The maximum absolute atomic E-state index is 11.2. The van der Waals surface area contributed by atoms with Gasteiger partial charge in [0.2, 0.25) is 0 Å². The number of nitrogens with one attached hydrogen (secondary N) is 1. The summed E-state index contributed by atoms with van der Waals surface area (Å²) in [5.41, 5.74) is 0.238. The molecule has 0 atom stereocenters. The van der Waals surface area contributed by atoms with E-state index < -0.39 is 5.97 Å². The Kier molecular flexibility index (Phi) is 5.32. The highest BCUT2D eigenvalue weighted by atomic mass is 16.5. The van der Waals surface area contributed by atoms with Crippen LogP contribution in [0.5, 0.6) is 0 Å². The molecule has 0 spiro atoms.